The fourth-order valence-electron chi connectivity index (χ4n) is 3.66. The van der Waals surface area contributed by atoms with Crippen LogP contribution in [-0.4, -0.2) is 11.0 Å². The van der Waals surface area contributed by atoms with E-state index in [1.807, 2.05) is 71.6 Å². The molecule has 3 heteroatoms. The van der Waals surface area contributed by atoms with Gasteiger partial charge in [0.2, 0.25) is 0 Å². The van der Waals surface area contributed by atoms with Gasteiger partial charge in [0.05, 0.1) is 6.04 Å². The van der Waals surface area contributed by atoms with Crippen LogP contribution in [-0.2, 0) is 4.74 Å². The van der Waals surface area contributed by atoms with Crippen LogP contribution < -0.4 is 0 Å². The molecule has 1 aliphatic rings. The van der Waals surface area contributed by atoms with Crippen molar-refractivity contribution < 1.29 is 9.53 Å². The van der Waals surface area contributed by atoms with Gasteiger partial charge < -0.3 is 4.74 Å². The standard InChI is InChI=1S/C23H21NO2/c1-17(18-11-5-2-6-12-18)24-21(19-13-7-3-8-14-19)22(26-23(24)25)20-15-9-4-10-16-20/h2-17,21-22H,1H3/t17-,21-,22+/m0/s1. The van der Waals surface area contributed by atoms with E-state index in [4.69, 9.17) is 4.74 Å². The van der Waals surface area contributed by atoms with Crippen molar-refractivity contribution in [3.05, 3.63) is 108 Å². The highest BCUT2D eigenvalue weighted by molar-refractivity contribution is 5.72. The van der Waals surface area contributed by atoms with E-state index in [0.29, 0.717) is 0 Å². The Bertz CT molecular complexity index is 864. The smallest absolute Gasteiger partial charge is 0.411 e. The zero-order valence-corrected chi connectivity index (χ0v) is 14.7. The Morgan fingerprint density at radius 3 is 1.85 bits per heavy atom. The molecule has 0 bridgehead atoms. The molecule has 0 spiro atoms. The minimum atomic E-state index is -0.322. The number of hydrogen-bond donors (Lipinski definition) is 0. The summed E-state index contributed by atoms with van der Waals surface area (Å²) in [4.78, 5) is 14.7. The van der Waals surface area contributed by atoms with Crippen molar-refractivity contribution in [1.82, 2.24) is 4.90 Å². The number of carbonyl (C=O) groups is 1. The number of rotatable bonds is 4. The van der Waals surface area contributed by atoms with Gasteiger partial charge in [0.15, 0.2) is 6.10 Å². The topological polar surface area (TPSA) is 29.5 Å². The number of nitrogens with zero attached hydrogens (tertiary/aromatic N) is 1. The lowest BCUT2D eigenvalue weighted by Gasteiger charge is -2.30. The fraction of sp³-hybridized carbons (Fsp3) is 0.174. The van der Waals surface area contributed by atoms with Crippen LogP contribution >= 0.6 is 0 Å². The molecule has 1 heterocycles. The Morgan fingerprint density at radius 2 is 1.27 bits per heavy atom. The molecular weight excluding hydrogens is 322 g/mol. The van der Waals surface area contributed by atoms with Crippen LogP contribution in [0.1, 0.15) is 41.8 Å². The van der Waals surface area contributed by atoms with Crippen LogP contribution in [0.3, 0.4) is 0 Å². The van der Waals surface area contributed by atoms with Gasteiger partial charge >= 0.3 is 6.09 Å². The quantitative estimate of drug-likeness (QED) is 0.610. The summed E-state index contributed by atoms with van der Waals surface area (Å²) in [6.07, 6.45) is -0.596. The molecule has 1 amide bonds. The summed E-state index contributed by atoms with van der Waals surface area (Å²) in [7, 11) is 0. The maximum absolute atomic E-state index is 12.9. The third-order valence-corrected chi connectivity index (χ3v) is 4.99. The van der Waals surface area contributed by atoms with Gasteiger partial charge in [-0.05, 0) is 23.6 Å². The molecule has 4 rings (SSSR count). The second-order valence-electron chi connectivity index (χ2n) is 6.56. The molecule has 3 aromatic rings. The molecule has 0 radical (unpaired) electrons. The average Bonchev–Trinajstić information content (AvgIpc) is 3.06. The molecule has 26 heavy (non-hydrogen) atoms. The average molecular weight is 343 g/mol. The van der Waals surface area contributed by atoms with E-state index >= 15 is 0 Å². The van der Waals surface area contributed by atoms with Crippen molar-refractivity contribution >= 4 is 6.09 Å². The molecular formula is C23H21NO2. The van der Waals surface area contributed by atoms with E-state index in [0.717, 1.165) is 16.7 Å². The van der Waals surface area contributed by atoms with Crippen LogP contribution in [0.15, 0.2) is 91.0 Å². The third kappa shape index (κ3) is 2.97. The predicted molar refractivity (Wildman–Crippen MR) is 102 cm³/mol. The zero-order valence-electron chi connectivity index (χ0n) is 14.7. The summed E-state index contributed by atoms with van der Waals surface area (Å²) in [6.45, 7) is 2.06. The second-order valence-corrected chi connectivity index (χ2v) is 6.56. The summed E-state index contributed by atoms with van der Waals surface area (Å²) in [5, 5.41) is 0. The first-order chi connectivity index (χ1) is 12.8. The van der Waals surface area contributed by atoms with Crippen LogP contribution in [0, 0.1) is 0 Å². The highest BCUT2D eigenvalue weighted by Gasteiger charge is 2.45. The summed E-state index contributed by atoms with van der Waals surface area (Å²) in [6, 6.07) is 29.9. The first-order valence-electron chi connectivity index (χ1n) is 8.89. The van der Waals surface area contributed by atoms with E-state index in [-0.39, 0.29) is 24.3 Å². The van der Waals surface area contributed by atoms with Gasteiger partial charge in [-0.2, -0.15) is 0 Å². The third-order valence-electron chi connectivity index (χ3n) is 4.99. The molecule has 1 fully saturated rings. The molecule has 1 aliphatic heterocycles. The van der Waals surface area contributed by atoms with Gasteiger partial charge in [0, 0.05) is 0 Å². The molecule has 3 nitrogen and oxygen atoms in total. The van der Waals surface area contributed by atoms with Crippen LogP contribution in [0.4, 0.5) is 4.79 Å². The summed E-state index contributed by atoms with van der Waals surface area (Å²) in [5.41, 5.74) is 3.19. The van der Waals surface area contributed by atoms with Gasteiger partial charge in [-0.1, -0.05) is 91.0 Å². The van der Waals surface area contributed by atoms with Crippen molar-refractivity contribution in [2.75, 3.05) is 0 Å². The maximum atomic E-state index is 12.9. The Labute approximate surface area is 153 Å². The number of benzene rings is 3. The molecule has 3 atom stereocenters. The largest absolute Gasteiger partial charge is 0.439 e. The number of ether oxygens (including phenoxy) is 1. The molecule has 0 N–H and O–H groups in total. The van der Waals surface area contributed by atoms with Crippen molar-refractivity contribution in [3.63, 3.8) is 0 Å². The summed E-state index contributed by atoms with van der Waals surface area (Å²) in [5.74, 6) is 0. The highest BCUT2D eigenvalue weighted by Crippen LogP contribution is 2.46. The fourth-order valence-corrected chi connectivity index (χ4v) is 3.66. The van der Waals surface area contributed by atoms with E-state index in [1.165, 1.54) is 0 Å². The molecule has 0 saturated carbocycles. The van der Waals surface area contributed by atoms with Crippen molar-refractivity contribution in [2.24, 2.45) is 0 Å². The first-order valence-corrected chi connectivity index (χ1v) is 8.89. The van der Waals surface area contributed by atoms with Crippen molar-refractivity contribution in [3.8, 4) is 0 Å². The SMILES string of the molecule is C[C@@H](c1ccccc1)N1C(=O)O[C@H](c2ccccc2)[C@@H]1c1ccccc1. The molecule has 0 unspecified atom stereocenters. The van der Waals surface area contributed by atoms with Gasteiger partial charge in [-0.15, -0.1) is 0 Å². The minimum absolute atomic E-state index is 0.0809. The van der Waals surface area contributed by atoms with Crippen molar-refractivity contribution in [2.45, 2.75) is 25.1 Å². The van der Waals surface area contributed by atoms with Crippen LogP contribution in [0.5, 0.6) is 0 Å². The highest BCUT2D eigenvalue weighted by atomic mass is 16.6. The Morgan fingerprint density at radius 1 is 0.769 bits per heavy atom. The van der Waals surface area contributed by atoms with E-state index in [9.17, 15) is 4.79 Å². The number of cyclic esters (lactones) is 1. The van der Waals surface area contributed by atoms with Gasteiger partial charge in [0.25, 0.3) is 0 Å². The van der Waals surface area contributed by atoms with Crippen LogP contribution in [0.2, 0.25) is 0 Å². The van der Waals surface area contributed by atoms with Gasteiger partial charge in [0.1, 0.15) is 6.04 Å². The minimum Gasteiger partial charge on any atom is -0.439 e. The lowest BCUT2D eigenvalue weighted by Crippen LogP contribution is -2.31. The zero-order chi connectivity index (χ0) is 17.9. The predicted octanol–water partition coefficient (Wildman–Crippen LogP) is 5.68. The number of amides is 1. The number of hydrogen-bond acceptors (Lipinski definition) is 2. The first kappa shape index (κ1) is 16.4. The molecule has 0 aromatic heterocycles. The molecule has 3 aromatic carbocycles. The van der Waals surface area contributed by atoms with Gasteiger partial charge in [-0.3, -0.25) is 4.90 Å². The van der Waals surface area contributed by atoms with E-state index in [2.05, 4.69) is 31.2 Å². The Kier molecular flexibility index (Phi) is 4.44. The maximum Gasteiger partial charge on any atom is 0.411 e. The van der Waals surface area contributed by atoms with E-state index in [1.54, 1.807) is 0 Å². The molecule has 1 saturated heterocycles. The normalized spacial score (nSPS) is 20.7. The summed E-state index contributed by atoms with van der Waals surface area (Å²) >= 11 is 0. The lowest BCUT2D eigenvalue weighted by atomic mass is 9.93. The van der Waals surface area contributed by atoms with Crippen molar-refractivity contribution in [1.29, 1.82) is 0 Å². The monoisotopic (exact) mass is 343 g/mol. The van der Waals surface area contributed by atoms with Gasteiger partial charge in [-0.25, -0.2) is 4.79 Å². The Balaban J connectivity index is 1.78. The van der Waals surface area contributed by atoms with Crippen LogP contribution in [0.25, 0.3) is 0 Å². The van der Waals surface area contributed by atoms with E-state index < -0.39 is 0 Å². The molecule has 130 valence electrons. The molecule has 0 aliphatic carbocycles. The lowest BCUT2D eigenvalue weighted by molar-refractivity contribution is 0.128. The Hall–Kier alpha value is -3.07. The number of carbonyl (C=O) groups excluding carboxylic acids is 1. The summed E-state index contributed by atoms with van der Waals surface area (Å²) < 4.78 is 5.86. The second kappa shape index (κ2) is 7.04.